The lowest BCUT2D eigenvalue weighted by molar-refractivity contribution is -0.130. The Morgan fingerprint density at radius 3 is 2.28 bits per heavy atom. The molecule has 1 aromatic carbocycles. The van der Waals surface area contributed by atoms with E-state index in [2.05, 4.69) is 63.5 Å². The van der Waals surface area contributed by atoms with Gasteiger partial charge in [-0.05, 0) is 18.1 Å². The number of rotatable bonds is 7. The Bertz CT molecular complexity index is 704. The Kier molecular flexibility index (Phi) is 11.5. The molecule has 1 aromatic rings. The van der Waals surface area contributed by atoms with Gasteiger partial charge in [-0.2, -0.15) is 0 Å². The number of guanidine groups is 1. The molecule has 180 valence electrons. The van der Waals surface area contributed by atoms with Crippen LogP contribution in [0.1, 0.15) is 13.8 Å². The van der Waals surface area contributed by atoms with Crippen LogP contribution in [0.5, 0.6) is 0 Å². The molecule has 0 radical (unpaired) electrons. The standard InChI is InChI=1S/C23H38N6O2.HI/c1-19(2)21(28-13-15-31-16-14-28)17-25-23(24-3)26-18-22(30)29-11-9-27(10-12-29)20-7-5-4-6-8-20;/h4-8,19,21H,9-18H2,1-3H3,(H2,24,25,26);1H. The van der Waals surface area contributed by atoms with Crippen LogP contribution in [0.15, 0.2) is 35.3 Å². The number of morpholine rings is 1. The first-order valence-corrected chi connectivity index (χ1v) is 11.4. The van der Waals surface area contributed by atoms with Crippen LogP contribution >= 0.6 is 24.0 Å². The smallest absolute Gasteiger partial charge is 0.242 e. The molecule has 2 heterocycles. The quantitative estimate of drug-likeness (QED) is 0.300. The first-order valence-electron chi connectivity index (χ1n) is 11.4. The molecule has 2 N–H and O–H groups in total. The largest absolute Gasteiger partial charge is 0.379 e. The van der Waals surface area contributed by atoms with Gasteiger partial charge in [0.2, 0.25) is 5.91 Å². The van der Waals surface area contributed by atoms with Crippen LogP contribution in [0.3, 0.4) is 0 Å². The van der Waals surface area contributed by atoms with E-state index in [1.165, 1.54) is 5.69 Å². The van der Waals surface area contributed by atoms with E-state index in [0.717, 1.165) is 59.0 Å². The number of hydrogen-bond donors (Lipinski definition) is 2. The van der Waals surface area contributed by atoms with Crippen LogP contribution in [0, 0.1) is 5.92 Å². The van der Waals surface area contributed by atoms with Crippen molar-refractivity contribution in [2.75, 3.05) is 77.5 Å². The molecule has 32 heavy (non-hydrogen) atoms. The van der Waals surface area contributed by atoms with Crippen LogP contribution in [-0.4, -0.2) is 100 Å². The average molecular weight is 559 g/mol. The first kappa shape index (κ1) is 26.7. The topological polar surface area (TPSA) is 72.4 Å². The molecule has 8 nitrogen and oxygen atoms in total. The van der Waals surface area contributed by atoms with Crippen molar-refractivity contribution in [3.63, 3.8) is 0 Å². The maximum atomic E-state index is 12.7. The van der Waals surface area contributed by atoms with Gasteiger partial charge in [-0.25, -0.2) is 0 Å². The molecule has 1 unspecified atom stereocenters. The van der Waals surface area contributed by atoms with Gasteiger partial charge in [0, 0.05) is 64.6 Å². The second-order valence-corrected chi connectivity index (χ2v) is 8.47. The molecule has 2 aliphatic rings. The van der Waals surface area contributed by atoms with Crippen molar-refractivity contribution in [2.24, 2.45) is 10.9 Å². The SMILES string of the molecule is CN=C(NCC(=O)N1CCN(c2ccccc2)CC1)NCC(C(C)C)N1CCOCC1.I. The molecule has 0 bridgehead atoms. The number of halogens is 1. The van der Waals surface area contributed by atoms with Crippen molar-refractivity contribution in [1.29, 1.82) is 0 Å². The number of aliphatic imine (C=N–C) groups is 1. The van der Waals surface area contributed by atoms with Crippen LogP contribution in [0.4, 0.5) is 5.69 Å². The third kappa shape index (κ3) is 7.77. The van der Waals surface area contributed by atoms with E-state index >= 15 is 0 Å². The predicted molar refractivity (Wildman–Crippen MR) is 141 cm³/mol. The zero-order valence-corrected chi connectivity index (χ0v) is 22.0. The van der Waals surface area contributed by atoms with Crippen molar-refractivity contribution in [1.82, 2.24) is 20.4 Å². The van der Waals surface area contributed by atoms with Crippen molar-refractivity contribution < 1.29 is 9.53 Å². The third-order valence-corrected chi connectivity index (χ3v) is 6.15. The van der Waals surface area contributed by atoms with E-state index in [0.29, 0.717) is 17.9 Å². The molecule has 3 rings (SSSR count). The van der Waals surface area contributed by atoms with E-state index in [1.807, 2.05) is 11.0 Å². The van der Waals surface area contributed by atoms with Crippen LogP contribution in [-0.2, 0) is 9.53 Å². The molecular formula is C23H39IN6O2. The molecule has 2 saturated heterocycles. The lowest BCUT2D eigenvalue weighted by Gasteiger charge is -2.37. The summed E-state index contributed by atoms with van der Waals surface area (Å²) < 4.78 is 5.49. The number of nitrogens with one attached hydrogen (secondary N) is 2. The second-order valence-electron chi connectivity index (χ2n) is 8.47. The number of anilines is 1. The van der Waals surface area contributed by atoms with E-state index in [-0.39, 0.29) is 36.4 Å². The first-order chi connectivity index (χ1) is 15.1. The monoisotopic (exact) mass is 558 g/mol. The number of para-hydroxylation sites is 1. The highest BCUT2D eigenvalue weighted by atomic mass is 127. The lowest BCUT2D eigenvalue weighted by Crippen LogP contribution is -2.54. The van der Waals surface area contributed by atoms with Crippen molar-refractivity contribution >= 4 is 41.5 Å². The summed E-state index contributed by atoms with van der Waals surface area (Å²) in [6.45, 7) is 12.3. The van der Waals surface area contributed by atoms with Crippen molar-refractivity contribution in [2.45, 2.75) is 19.9 Å². The summed E-state index contributed by atoms with van der Waals surface area (Å²) in [7, 11) is 1.75. The Balaban J connectivity index is 0.00000363. The summed E-state index contributed by atoms with van der Waals surface area (Å²) in [5, 5.41) is 6.61. The number of piperazine rings is 1. The summed E-state index contributed by atoms with van der Waals surface area (Å²) in [5.74, 6) is 1.31. The molecular weight excluding hydrogens is 519 g/mol. The van der Waals surface area contributed by atoms with Crippen molar-refractivity contribution in [3.8, 4) is 0 Å². The van der Waals surface area contributed by atoms with Gasteiger partial charge >= 0.3 is 0 Å². The van der Waals surface area contributed by atoms with Gasteiger partial charge in [0.15, 0.2) is 5.96 Å². The normalized spacial score (nSPS) is 18.8. The Morgan fingerprint density at radius 1 is 1.03 bits per heavy atom. The molecule has 9 heteroatoms. The summed E-state index contributed by atoms with van der Waals surface area (Å²) in [5.41, 5.74) is 1.22. The van der Waals surface area contributed by atoms with Crippen LogP contribution < -0.4 is 15.5 Å². The zero-order valence-electron chi connectivity index (χ0n) is 19.6. The highest BCUT2D eigenvalue weighted by molar-refractivity contribution is 14.0. The van der Waals surface area contributed by atoms with Crippen LogP contribution in [0.25, 0.3) is 0 Å². The summed E-state index contributed by atoms with van der Waals surface area (Å²) in [6.07, 6.45) is 0. The zero-order chi connectivity index (χ0) is 22.1. The van der Waals surface area contributed by atoms with Gasteiger partial charge in [0.25, 0.3) is 0 Å². The third-order valence-electron chi connectivity index (χ3n) is 6.15. The minimum absolute atomic E-state index is 0. The fraction of sp³-hybridized carbons (Fsp3) is 0.652. The van der Waals surface area contributed by atoms with Gasteiger partial charge in [-0.1, -0.05) is 32.0 Å². The molecule has 1 amide bonds. The second kappa shape index (κ2) is 13.8. The number of carbonyl (C=O) groups excluding carboxylic acids is 1. The van der Waals surface area contributed by atoms with Gasteiger partial charge in [0.05, 0.1) is 19.8 Å². The molecule has 2 aliphatic heterocycles. The number of benzene rings is 1. The van der Waals surface area contributed by atoms with E-state index < -0.39 is 0 Å². The summed E-state index contributed by atoms with van der Waals surface area (Å²) >= 11 is 0. The van der Waals surface area contributed by atoms with E-state index in [9.17, 15) is 4.79 Å². The van der Waals surface area contributed by atoms with Gasteiger partial charge in [0.1, 0.15) is 0 Å². The summed E-state index contributed by atoms with van der Waals surface area (Å²) in [6, 6.07) is 10.8. The molecule has 0 aliphatic carbocycles. The molecule has 2 fully saturated rings. The van der Waals surface area contributed by atoms with E-state index in [1.54, 1.807) is 7.05 Å². The minimum atomic E-state index is 0. The Morgan fingerprint density at radius 2 is 1.69 bits per heavy atom. The Hall–Kier alpha value is -1.59. The van der Waals surface area contributed by atoms with E-state index in [4.69, 9.17) is 4.74 Å². The highest BCUT2D eigenvalue weighted by Gasteiger charge is 2.24. The van der Waals surface area contributed by atoms with Gasteiger partial charge in [-0.3, -0.25) is 14.7 Å². The van der Waals surface area contributed by atoms with Crippen molar-refractivity contribution in [3.05, 3.63) is 30.3 Å². The average Bonchev–Trinajstić information content (AvgIpc) is 2.82. The Labute approximate surface area is 209 Å². The maximum Gasteiger partial charge on any atom is 0.242 e. The molecule has 0 spiro atoms. The van der Waals surface area contributed by atoms with Crippen LogP contribution in [0.2, 0.25) is 0 Å². The molecule has 1 atom stereocenters. The maximum absolute atomic E-state index is 12.7. The van der Waals surface area contributed by atoms with Gasteiger partial charge < -0.3 is 25.2 Å². The number of amides is 1. The van der Waals surface area contributed by atoms with Gasteiger partial charge in [-0.15, -0.1) is 24.0 Å². The molecule has 0 saturated carbocycles. The molecule has 0 aromatic heterocycles. The fourth-order valence-corrected chi connectivity index (χ4v) is 4.24. The predicted octanol–water partition coefficient (Wildman–Crippen LogP) is 1.48. The lowest BCUT2D eigenvalue weighted by atomic mass is 10.0. The summed E-state index contributed by atoms with van der Waals surface area (Å²) in [4.78, 5) is 23.7. The fourth-order valence-electron chi connectivity index (χ4n) is 4.24. The number of hydrogen-bond acceptors (Lipinski definition) is 5. The number of ether oxygens (including phenoxy) is 1. The highest BCUT2D eigenvalue weighted by Crippen LogP contribution is 2.15. The number of carbonyl (C=O) groups is 1. The number of nitrogens with zero attached hydrogens (tertiary/aromatic N) is 4. The minimum Gasteiger partial charge on any atom is -0.379 e.